The molecule has 190 valence electrons. The van der Waals surface area contributed by atoms with Crippen molar-refractivity contribution in [2.75, 3.05) is 6.54 Å². The van der Waals surface area contributed by atoms with E-state index in [1.807, 2.05) is 0 Å². The third-order valence-electron chi connectivity index (χ3n) is 4.88. The molecule has 0 aromatic heterocycles. The maximum absolute atomic E-state index is 12.7. The number of carboxylic acid groups (broad SMARTS) is 2. The molecule has 13 heteroatoms. The minimum atomic E-state index is -1.47. The topological polar surface area (TPSA) is 234 Å². The average Bonchev–Trinajstić information content (AvgIpc) is 2.72. The number of aliphatic hydroxyl groups is 1. The molecule has 0 fully saturated rings. The van der Waals surface area contributed by atoms with Gasteiger partial charge in [0.05, 0.1) is 12.1 Å². The number of carbonyl (C=O) groups is 5. The molecule has 0 saturated carbocycles. The summed E-state index contributed by atoms with van der Waals surface area (Å²) in [6.07, 6.45) is -0.644. The fourth-order valence-electron chi connectivity index (χ4n) is 2.87. The van der Waals surface area contributed by atoms with Crippen LogP contribution in [0.4, 0.5) is 0 Å². The summed E-state index contributed by atoms with van der Waals surface area (Å²) in [5.41, 5.74) is 11.0. The van der Waals surface area contributed by atoms with Gasteiger partial charge in [0.1, 0.15) is 18.1 Å². The molecule has 0 aromatic rings. The molecule has 0 rings (SSSR count). The Balaban J connectivity index is 5.26. The van der Waals surface area contributed by atoms with Crippen LogP contribution in [0, 0.1) is 5.92 Å². The molecular formula is C20H37N5O8. The van der Waals surface area contributed by atoms with Crippen LogP contribution in [-0.4, -0.2) is 81.8 Å². The monoisotopic (exact) mass is 475 g/mol. The lowest BCUT2D eigenvalue weighted by Crippen LogP contribution is -2.60. The summed E-state index contributed by atoms with van der Waals surface area (Å²) in [4.78, 5) is 59.7. The van der Waals surface area contributed by atoms with Gasteiger partial charge in [-0.25, -0.2) is 4.79 Å². The molecule has 5 unspecified atom stereocenters. The van der Waals surface area contributed by atoms with Crippen molar-refractivity contribution in [3.8, 4) is 0 Å². The average molecular weight is 476 g/mol. The molecule has 0 aliphatic heterocycles. The third kappa shape index (κ3) is 11.6. The number of aliphatic carboxylic acids is 2. The normalized spacial score (nSPS) is 15.6. The highest BCUT2D eigenvalue weighted by Gasteiger charge is 2.33. The van der Waals surface area contributed by atoms with E-state index in [0.29, 0.717) is 19.4 Å². The van der Waals surface area contributed by atoms with Gasteiger partial charge >= 0.3 is 11.9 Å². The number of hydrogen-bond donors (Lipinski definition) is 8. The first-order chi connectivity index (χ1) is 15.3. The largest absolute Gasteiger partial charge is 0.481 e. The molecule has 0 heterocycles. The maximum atomic E-state index is 12.7. The zero-order chi connectivity index (χ0) is 25.7. The number of amides is 3. The van der Waals surface area contributed by atoms with E-state index in [4.69, 9.17) is 16.6 Å². The summed E-state index contributed by atoms with van der Waals surface area (Å²) in [6.45, 7) is 4.89. The predicted octanol–water partition coefficient (Wildman–Crippen LogP) is -2.12. The smallest absolute Gasteiger partial charge is 0.326 e. The summed E-state index contributed by atoms with van der Waals surface area (Å²) in [5, 5.41) is 35.1. The van der Waals surface area contributed by atoms with E-state index in [-0.39, 0.29) is 19.3 Å². The van der Waals surface area contributed by atoms with Crippen molar-refractivity contribution in [1.82, 2.24) is 16.0 Å². The molecule has 0 saturated heterocycles. The second-order valence-electron chi connectivity index (χ2n) is 8.18. The quantitative estimate of drug-likeness (QED) is 0.113. The van der Waals surface area contributed by atoms with Crippen LogP contribution < -0.4 is 27.4 Å². The highest BCUT2D eigenvalue weighted by Crippen LogP contribution is 2.07. The standard InChI is InChI=1S/C20H37N5O8/c1-10(2)15(18(30)23-13(20(32)33)6-4-5-9-21)24-19(31)16(11(3)26)25-17(29)12(22)7-8-14(27)28/h10-13,15-16,26H,4-9,21-22H2,1-3H3,(H,23,30)(H,24,31)(H,25,29)(H,27,28)(H,32,33). The number of nitrogens with two attached hydrogens (primary N) is 2. The first-order valence-corrected chi connectivity index (χ1v) is 10.8. The first-order valence-electron chi connectivity index (χ1n) is 10.8. The summed E-state index contributed by atoms with van der Waals surface area (Å²) in [7, 11) is 0. The van der Waals surface area contributed by atoms with Crippen LogP contribution in [0.15, 0.2) is 0 Å². The molecule has 13 nitrogen and oxygen atoms in total. The molecule has 5 atom stereocenters. The van der Waals surface area contributed by atoms with Crippen LogP contribution in [0.1, 0.15) is 52.9 Å². The van der Waals surface area contributed by atoms with Gasteiger partial charge in [-0.2, -0.15) is 0 Å². The van der Waals surface area contributed by atoms with Crippen molar-refractivity contribution in [2.45, 2.75) is 83.1 Å². The molecule has 0 radical (unpaired) electrons. The van der Waals surface area contributed by atoms with Crippen molar-refractivity contribution >= 4 is 29.7 Å². The molecular weight excluding hydrogens is 438 g/mol. The van der Waals surface area contributed by atoms with Gasteiger partial charge in [-0.05, 0) is 45.1 Å². The first kappa shape index (κ1) is 30.2. The summed E-state index contributed by atoms with van der Waals surface area (Å²) < 4.78 is 0. The number of nitrogens with one attached hydrogen (secondary N) is 3. The van der Waals surface area contributed by atoms with Crippen LogP contribution in [0.3, 0.4) is 0 Å². The second kappa shape index (κ2) is 15.1. The third-order valence-corrected chi connectivity index (χ3v) is 4.88. The van der Waals surface area contributed by atoms with Gasteiger partial charge < -0.3 is 42.7 Å². The second-order valence-corrected chi connectivity index (χ2v) is 8.18. The molecule has 0 aromatic carbocycles. The van der Waals surface area contributed by atoms with Crippen LogP contribution in [0.25, 0.3) is 0 Å². The van der Waals surface area contributed by atoms with Crippen molar-refractivity contribution in [2.24, 2.45) is 17.4 Å². The van der Waals surface area contributed by atoms with Gasteiger partial charge in [0.15, 0.2) is 0 Å². The summed E-state index contributed by atoms with van der Waals surface area (Å²) in [6, 6.07) is -5.00. The molecule has 33 heavy (non-hydrogen) atoms. The van der Waals surface area contributed by atoms with Crippen LogP contribution in [0.5, 0.6) is 0 Å². The van der Waals surface area contributed by atoms with E-state index in [1.54, 1.807) is 13.8 Å². The van der Waals surface area contributed by atoms with Crippen molar-refractivity contribution in [3.63, 3.8) is 0 Å². The number of unbranched alkanes of at least 4 members (excludes halogenated alkanes) is 1. The SMILES string of the molecule is CC(C)C(NC(=O)C(NC(=O)C(N)CCC(=O)O)C(C)O)C(=O)NC(CCCCN)C(=O)O. The molecule has 0 aliphatic carbocycles. The molecule has 10 N–H and O–H groups in total. The van der Waals surface area contributed by atoms with Gasteiger partial charge in [0, 0.05) is 6.42 Å². The summed E-state index contributed by atoms with van der Waals surface area (Å²) >= 11 is 0. The van der Waals surface area contributed by atoms with Crippen LogP contribution >= 0.6 is 0 Å². The molecule has 0 aliphatic rings. The van der Waals surface area contributed by atoms with E-state index < -0.39 is 65.8 Å². The van der Waals surface area contributed by atoms with Gasteiger partial charge in [0.2, 0.25) is 17.7 Å². The molecule has 3 amide bonds. The minimum Gasteiger partial charge on any atom is -0.481 e. The number of carboxylic acids is 2. The van der Waals surface area contributed by atoms with Crippen molar-refractivity contribution in [3.05, 3.63) is 0 Å². The molecule has 0 bridgehead atoms. The number of hydrogen-bond acceptors (Lipinski definition) is 8. The highest BCUT2D eigenvalue weighted by atomic mass is 16.4. The Hall–Kier alpha value is -2.77. The highest BCUT2D eigenvalue weighted by molar-refractivity contribution is 5.94. The fourth-order valence-corrected chi connectivity index (χ4v) is 2.87. The minimum absolute atomic E-state index is 0.164. The lowest BCUT2D eigenvalue weighted by atomic mass is 10.0. The lowest BCUT2D eigenvalue weighted by molar-refractivity contribution is -0.143. The Bertz CT molecular complexity index is 685. The van der Waals surface area contributed by atoms with Crippen molar-refractivity contribution < 1.29 is 39.3 Å². The summed E-state index contributed by atoms with van der Waals surface area (Å²) in [5.74, 6) is -5.26. The maximum Gasteiger partial charge on any atom is 0.326 e. The zero-order valence-electron chi connectivity index (χ0n) is 19.2. The van der Waals surface area contributed by atoms with Gasteiger partial charge in [0.25, 0.3) is 0 Å². The van der Waals surface area contributed by atoms with E-state index in [2.05, 4.69) is 16.0 Å². The van der Waals surface area contributed by atoms with E-state index >= 15 is 0 Å². The lowest BCUT2D eigenvalue weighted by Gasteiger charge is -2.28. The van der Waals surface area contributed by atoms with Crippen LogP contribution in [-0.2, 0) is 24.0 Å². The van der Waals surface area contributed by atoms with Gasteiger partial charge in [-0.3, -0.25) is 19.2 Å². The zero-order valence-corrected chi connectivity index (χ0v) is 19.2. The van der Waals surface area contributed by atoms with E-state index in [1.165, 1.54) is 6.92 Å². The van der Waals surface area contributed by atoms with Crippen molar-refractivity contribution in [1.29, 1.82) is 0 Å². The van der Waals surface area contributed by atoms with E-state index in [9.17, 15) is 34.2 Å². The Labute approximate surface area is 192 Å². The van der Waals surface area contributed by atoms with Crippen LogP contribution in [0.2, 0.25) is 0 Å². The Kier molecular flexibility index (Phi) is 13.9. The Morgan fingerprint density at radius 1 is 0.818 bits per heavy atom. The van der Waals surface area contributed by atoms with Gasteiger partial charge in [-0.15, -0.1) is 0 Å². The molecule has 0 spiro atoms. The van der Waals surface area contributed by atoms with E-state index in [0.717, 1.165) is 0 Å². The Morgan fingerprint density at radius 2 is 1.36 bits per heavy atom. The number of aliphatic hydroxyl groups excluding tert-OH is 1. The predicted molar refractivity (Wildman–Crippen MR) is 118 cm³/mol. The number of carbonyl (C=O) groups excluding carboxylic acids is 3. The fraction of sp³-hybridized carbons (Fsp3) is 0.750. The number of rotatable bonds is 16. The van der Waals surface area contributed by atoms with Gasteiger partial charge in [-0.1, -0.05) is 13.8 Å². The Morgan fingerprint density at radius 3 is 1.82 bits per heavy atom.